The minimum Gasteiger partial charge on any atom is -0.463 e. The fraction of sp³-hybridized carbons (Fsp3) is 0.308. The van der Waals surface area contributed by atoms with Crippen LogP contribution in [-0.4, -0.2) is 45.4 Å². The summed E-state index contributed by atoms with van der Waals surface area (Å²) >= 11 is 0. The summed E-state index contributed by atoms with van der Waals surface area (Å²) < 4.78 is 36.0. The summed E-state index contributed by atoms with van der Waals surface area (Å²) in [7, 11) is -3.38. The predicted molar refractivity (Wildman–Crippen MR) is 135 cm³/mol. The third-order valence-corrected chi connectivity index (χ3v) is 6.16. The average Bonchev–Trinajstić information content (AvgIpc) is 2.78. The topological polar surface area (TPSA) is 106 Å². The van der Waals surface area contributed by atoms with E-state index in [2.05, 4.69) is 16.6 Å². The first-order chi connectivity index (χ1) is 16.7. The number of likely N-dealkylation sites (tertiary alicyclic amines) is 1. The fourth-order valence-electron chi connectivity index (χ4n) is 3.64. The number of nitrogens with zero attached hydrogens (tertiary/aromatic N) is 1. The molecule has 0 saturated carbocycles. The van der Waals surface area contributed by atoms with E-state index in [0.29, 0.717) is 53.0 Å². The maximum Gasteiger partial charge on any atom is 0.409 e. The Morgan fingerprint density at radius 3 is 2.63 bits per heavy atom. The lowest BCUT2D eigenvalue weighted by molar-refractivity contribution is 0.0665. The van der Waals surface area contributed by atoms with E-state index in [0.717, 1.165) is 19.1 Å². The second-order valence-corrected chi connectivity index (χ2v) is 10.2. The van der Waals surface area contributed by atoms with E-state index in [1.165, 1.54) is 6.26 Å². The number of fused-ring (bicyclic) bond motifs is 1. The molecule has 1 amide bonds. The van der Waals surface area contributed by atoms with Gasteiger partial charge >= 0.3 is 6.09 Å². The lowest BCUT2D eigenvalue weighted by atomic mass is 10.0. The molecule has 0 atom stereocenters. The number of rotatable bonds is 6. The number of hydrogen-bond donors (Lipinski definition) is 1. The fourth-order valence-corrected chi connectivity index (χ4v) is 4.20. The van der Waals surface area contributed by atoms with Crippen LogP contribution in [0.5, 0.6) is 0 Å². The summed E-state index contributed by atoms with van der Waals surface area (Å²) in [4.78, 5) is 26.5. The number of ether oxygens (including phenoxy) is 1. The molecule has 1 aliphatic heterocycles. The quantitative estimate of drug-likeness (QED) is 0.409. The zero-order chi connectivity index (χ0) is 25.0. The van der Waals surface area contributed by atoms with Crippen LogP contribution in [0.15, 0.2) is 57.9 Å². The number of nitrogens with one attached hydrogen (secondary N) is 1. The molecule has 8 nitrogen and oxygen atoms in total. The molecule has 0 aliphatic carbocycles. The van der Waals surface area contributed by atoms with E-state index in [-0.39, 0.29) is 17.4 Å². The summed E-state index contributed by atoms with van der Waals surface area (Å²) in [6, 6.07) is 11.7. The highest BCUT2D eigenvalue weighted by atomic mass is 32.2. The second kappa shape index (κ2) is 10.2. The van der Waals surface area contributed by atoms with Crippen molar-refractivity contribution in [1.29, 1.82) is 0 Å². The van der Waals surface area contributed by atoms with Crippen molar-refractivity contribution in [1.82, 2.24) is 4.90 Å². The summed E-state index contributed by atoms with van der Waals surface area (Å²) in [6.07, 6.45) is 4.02. The van der Waals surface area contributed by atoms with Gasteiger partial charge in [0.2, 0.25) is 10.0 Å². The molecule has 9 heteroatoms. The van der Waals surface area contributed by atoms with Crippen molar-refractivity contribution in [3.05, 3.63) is 64.5 Å². The number of amides is 1. The summed E-state index contributed by atoms with van der Waals surface area (Å²) in [5.74, 6) is 6.33. The number of carbonyl (C=O) groups excluding carboxylic acids is 1. The first kappa shape index (κ1) is 24.4. The van der Waals surface area contributed by atoms with Crippen molar-refractivity contribution in [2.75, 3.05) is 30.7 Å². The first-order valence-electron chi connectivity index (χ1n) is 11.3. The van der Waals surface area contributed by atoms with Crippen LogP contribution in [0, 0.1) is 17.8 Å². The highest BCUT2D eigenvalue weighted by Crippen LogP contribution is 2.23. The Morgan fingerprint density at radius 2 is 1.94 bits per heavy atom. The van der Waals surface area contributed by atoms with E-state index < -0.39 is 10.0 Å². The average molecular weight is 495 g/mol. The van der Waals surface area contributed by atoms with Gasteiger partial charge in [0.15, 0.2) is 5.43 Å². The van der Waals surface area contributed by atoms with Crippen molar-refractivity contribution in [2.24, 2.45) is 5.92 Å². The second-order valence-electron chi connectivity index (χ2n) is 8.48. The van der Waals surface area contributed by atoms with Crippen LogP contribution in [0.2, 0.25) is 0 Å². The number of unbranched alkanes of at least 4 members (excludes halogenated alkanes) is 1. The Balaban J connectivity index is 1.44. The Hall–Kier alpha value is -3.77. The number of hydrogen-bond acceptors (Lipinski definition) is 6. The van der Waals surface area contributed by atoms with Crippen molar-refractivity contribution in [3.63, 3.8) is 0 Å². The Labute approximate surface area is 203 Å². The van der Waals surface area contributed by atoms with Gasteiger partial charge in [-0.2, -0.15) is 0 Å². The Kier molecular flexibility index (Phi) is 7.12. The van der Waals surface area contributed by atoms with Gasteiger partial charge in [-0.05, 0) is 42.3 Å². The van der Waals surface area contributed by atoms with Crippen molar-refractivity contribution >= 4 is 32.8 Å². The molecule has 0 unspecified atom stereocenters. The number of sulfonamides is 1. The van der Waals surface area contributed by atoms with Gasteiger partial charge in [0.1, 0.15) is 11.8 Å². The molecule has 3 aromatic rings. The Morgan fingerprint density at radius 1 is 1.20 bits per heavy atom. The van der Waals surface area contributed by atoms with E-state index in [9.17, 15) is 18.0 Å². The molecule has 1 N–H and O–H groups in total. The molecule has 1 saturated heterocycles. The van der Waals surface area contributed by atoms with Gasteiger partial charge in [0.25, 0.3) is 0 Å². The molecule has 0 spiro atoms. The lowest BCUT2D eigenvalue weighted by Crippen LogP contribution is -2.49. The number of carbonyl (C=O) groups is 1. The summed E-state index contributed by atoms with van der Waals surface area (Å²) in [6.45, 7) is 3.57. The van der Waals surface area contributed by atoms with E-state index in [1.54, 1.807) is 47.4 Å². The maximum absolute atomic E-state index is 13.0. The molecule has 182 valence electrons. The van der Waals surface area contributed by atoms with Gasteiger partial charge in [-0.1, -0.05) is 37.3 Å². The minimum atomic E-state index is -3.38. The number of benzene rings is 2. The molecule has 35 heavy (non-hydrogen) atoms. The van der Waals surface area contributed by atoms with Crippen LogP contribution >= 0.6 is 0 Å². The third kappa shape index (κ3) is 6.03. The predicted octanol–water partition coefficient (Wildman–Crippen LogP) is 4.05. The van der Waals surface area contributed by atoms with Crippen molar-refractivity contribution < 1.29 is 22.4 Å². The van der Waals surface area contributed by atoms with Crippen LogP contribution in [0.1, 0.15) is 25.3 Å². The van der Waals surface area contributed by atoms with Crippen LogP contribution in [0.25, 0.3) is 22.1 Å². The highest BCUT2D eigenvalue weighted by Gasteiger charge is 2.30. The van der Waals surface area contributed by atoms with Gasteiger partial charge in [0.05, 0.1) is 29.7 Å². The minimum absolute atomic E-state index is 0.0824. The van der Waals surface area contributed by atoms with Gasteiger partial charge in [-0.15, -0.1) is 0 Å². The van der Waals surface area contributed by atoms with E-state index >= 15 is 0 Å². The van der Waals surface area contributed by atoms with Crippen LogP contribution in [-0.2, 0) is 14.8 Å². The van der Waals surface area contributed by atoms with E-state index in [4.69, 9.17) is 9.15 Å². The highest BCUT2D eigenvalue weighted by molar-refractivity contribution is 7.92. The SMILES string of the molecule is CCCCOC(=O)N1CC(C#Cc2ccc3c(=O)c(-c4ccc(NS(C)(=O)=O)cc4)coc3c2)C1. The van der Waals surface area contributed by atoms with Crippen LogP contribution in [0.3, 0.4) is 0 Å². The molecule has 2 heterocycles. The smallest absolute Gasteiger partial charge is 0.409 e. The molecule has 1 aromatic heterocycles. The summed E-state index contributed by atoms with van der Waals surface area (Å²) in [5, 5.41) is 0.427. The molecule has 1 fully saturated rings. The normalized spacial score (nSPS) is 13.6. The van der Waals surface area contributed by atoms with Gasteiger partial charge in [-0.3, -0.25) is 9.52 Å². The van der Waals surface area contributed by atoms with Gasteiger partial charge < -0.3 is 14.1 Å². The molecular weight excluding hydrogens is 468 g/mol. The molecule has 0 bridgehead atoms. The Bertz CT molecular complexity index is 1460. The van der Waals surface area contributed by atoms with E-state index in [1.807, 2.05) is 6.92 Å². The first-order valence-corrected chi connectivity index (χ1v) is 13.2. The molecule has 2 aromatic carbocycles. The monoisotopic (exact) mass is 494 g/mol. The maximum atomic E-state index is 13.0. The summed E-state index contributed by atoms with van der Waals surface area (Å²) in [5.41, 5.74) is 2.36. The molecular formula is C26H26N2O6S. The van der Waals surface area contributed by atoms with Crippen LogP contribution < -0.4 is 10.2 Å². The number of anilines is 1. The molecule has 1 aliphatic rings. The molecule has 4 rings (SSSR count). The zero-order valence-corrected chi connectivity index (χ0v) is 20.4. The van der Waals surface area contributed by atoms with Gasteiger partial charge in [0, 0.05) is 24.3 Å². The van der Waals surface area contributed by atoms with Crippen molar-refractivity contribution in [3.8, 4) is 23.0 Å². The largest absolute Gasteiger partial charge is 0.463 e. The standard InChI is InChI=1S/C26H26N2O6S/c1-3-4-13-33-26(30)28-15-19(16-28)6-5-18-7-12-22-24(14-18)34-17-23(25(22)29)20-8-10-21(11-9-20)27-35(2,31)32/h7-12,14,17,19,27H,3-4,13,15-16H2,1-2H3. The molecule has 0 radical (unpaired) electrons. The lowest BCUT2D eigenvalue weighted by Gasteiger charge is -2.35. The van der Waals surface area contributed by atoms with Gasteiger partial charge in [-0.25, -0.2) is 13.2 Å². The third-order valence-electron chi connectivity index (χ3n) is 5.56. The van der Waals surface area contributed by atoms with Crippen LogP contribution in [0.4, 0.5) is 10.5 Å². The van der Waals surface area contributed by atoms with Crippen molar-refractivity contribution in [2.45, 2.75) is 19.8 Å². The zero-order valence-electron chi connectivity index (χ0n) is 19.5.